The maximum atomic E-state index is 13.1. The van der Waals surface area contributed by atoms with Crippen molar-refractivity contribution in [3.63, 3.8) is 0 Å². The van der Waals surface area contributed by atoms with Gasteiger partial charge >= 0.3 is 6.18 Å². The number of anilines is 1. The van der Waals surface area contributed by atoms with E-state index in [1.54, 1.807) is 30.1 Å². The van der Waals surface area contributed by atoms with Gasteiger partial charge in [0.05, 0.1) is 17.2 Å². The highest BCUT2D eigenvalue weighted by Crippen LogP contribution is 2.35. The number of nitriles is 1. The molecule has 1 heterocycles. The number of hydrogen-bond donors (Lipinski definition) is 0. The molecule has 7 heteroatoms. The fourth-order valence-electron chi connectivity index (χ4n) is 2.51. The predicted molar refractivity (Wildman–Crippen MR) is 80.8 cm³/mol. The quantitative estimate of drug-likeness (QED) is 0.853. The number of halogens is 3. The molecule has 2 aromatic carbocycles. The first-order valence-corrected chi connectivity index (χ1v) is 7.09. The van der Waals surface area contributed by atoms with E-state index in [0.29, 0.717) is 23.7 Å². The Morgan fingerprint density at radius 3 is 2.58 bits per heavy atom. The number of rotatable bonds is 3. The molecule has 0 amide bonds. The topological polar surface area (TPSA) is 45.5 Å². The lowest BCUT2D eigenvalue weighted by Gasteiger charge is -2.21. The summed E-state index contributed by atoms with van der Waals surface area (Å²) in [5, 5.41) is 8.85. The molecule has 0 radical (unpaired) electrons. The molecule has 0 N–H and O–H groups in total. The molecule has 1 aliphatic rings. The smallest absolute Gasteiger partial charge is 0.417 e. The first-order valence-electron chi connectivity index (χ1n) is 7.09. The average molecular weight is 334 g/mol. The van der Waals surface area contributed by atoms with E-state index in [9.17, 15) is 13.2 Å². The number of alkyl halides is 3. The summed E-state index contributed by atoms with van der Waals surface area (Å²) in [5.74, 6) is 1.27. The largest absolute Gasteiger partial charge is 0.454 e. The van der Waals surface area contributed by atoms with E-state index in [4.69, 9.17) is 14.7 Å². The maximum Gasteiger partial charge on any atom is 0.417 e. The van der Waals surface area contributed by atoms with Crippen molar-refractivity contribution in [2.75, 3.05) is 18.7 Å². The highest BCUT2D eigenvalue weighted by Gasteiger charge is 2.34. The second kappa shape index (κ2) is 5.96. The highest BCUT2D eigenvalue weighted by atomic mass is 19.4. The number of nitrogens with zero attached hydrogens (tertiary/aromatic N) is 2. The van der Waals surface area contributed by atoms with Crippen LogP contribution >= 0.6 is 0 Å². The fourth-order valence-corrected chi connectivity index (χ4v) is 2.51. The van der Waals surface area contributed by atoms with Crippen LogP contribution in [0.1, 0.15) is 16.7 Å². The Morgan fingerprint density at radius 2 is 1.88 bits per heavy atom. The number of ether oxygens (including phenoxy) is 2. The van der Waals surface area contributed by atoms with Gasteiger partial charge in [-0.05, 0) is 35.9 Å². The van der Waals surface area contributed by atoms with Crippen LogP contribution in [-0.2, 0) is 12.7 Å². The Bertz CT molecular complexity index is 812. The molecule has 24 heavy (non-hydrogen) atoms. The number of benzene rings is 2. The molecule has 0 saturated carbocycles. The van der Waals surface area contributed by atoms with Crippen LogP contribution in [0.3, 0.4) is 0 Å². The van der Waals surface area contributed by atoms with E-state index < -0.39 is 11.7 Å². The Labute approximate surface area is 136 Å². The summed E-state index contributed by atoms with van der Waals surface area (Å²) < 4.78 is 49.7. The SMILES string of the molecule is CN(Cc1ccc2c(c1)OCO2)c1ccc(C#N)c(C(F)(F)F)c1. The monoisotopic (exact) mass is 334 g/mol. The van der Waals surface area contributed by atoms with E-state index in [2.05, 4.69) is 0 Å². The Kier molecular flexibility index (Phi) is 3.97. The van der Waals surface area contributed by atoms with Crippen molar-refractivity contribution in [2.24, 2.45) is 0 Å². The van der Waals surface area contributed by atoms with Gasteiger partial charge in [-0.3, -0.25) is 0 Å². The van der Waals surface area contributed by atoms with Crippen molar-refractivity contribution in [2.45, 2.75) is 12.7 Å². The van der Waals surface area contributed by atoms with Gasteiger partial charge < -0.3 is 14.4 Å². The lowest BCUT2D eigenvalue weighted by atomic mass is 10.1. The molecule has 3 rings (SSSR count). The van der Waals surface area contributed by atoms with Crippen molar-refractivity contribution < 1.29 is 22.6 Å². The predicted octanol–water partition coefficient (Wildman–Crippen LogP) is 3.94. The first-order chi connectivity index (χ1) is 11.4. The minimum atomic E-state index is -4.57. The molecule has 0 fully saturated rings. The third kappa shape index (κ3) is 3.08. The maximum absolute atomic E-state index is 13.1. The summed E-state index contributed by atoms with van der Waals surface area (Å²) in [6, 6.07) is 10.7. The van der Waals surface area contributed by atoms with Gasteiger partial charge in [-0.2, -0.15) is 18.4 Å². The van der Waals surface area contributed by atoms with Gasteiger partial charge in [0.25, 0.3) is 0 Å². The van der Waals surface area contributed by atoms with Gasteiger partial charge in [0.15, 0.2) is 11.5 Å². The third-order valence-corrected chi connectivity index (χ3v) is 3.73. The second-order valence-corrected chi connectivity index (χ2v) is 5.38. The van der Waals surface area contributed by atoms with Crippen LogP contribution in [0.4, 0.5) is 18.9 Å². The molecule has 0 aliphatic carbocycles. The lowest BCUT2D eigenvalue weighted by Crippen LogP contribution is -2.18. The van der Waals surface area contributed by atoms with E-state index in [0.717, 1.165) is 11.6 Å². The van der Waals surface area contributed by atoms with Crippen molar-refractivity contribution >= 4 is 5.69 Å². The Balaban J connectivity index is 1.85. The van der Waals surface area contributed by atoms with Crippen LogP contribution in [0.5, 0.6) is 11.5 Å². The normalized spacial score (nSPS) is 12.8. The summed E-state index contributed by atoms with van der Waals surface area (Å²) in [5.41, 5.74) is -0.0681. The molecule has 4 nitrogen and oxygen atoms in total. The molecular formula is C17H13F3N2O2. The number of hydrogen-bond acceptors (Lipinski definition) is 4. The van der Waals surface area contributed by atoms with Crippen LogP contribution in [0.15, 0.2) is 36.4 Å². The van der Waals surface area contributed by atoms with Crippen molar-refractivity contribution in [1.29, 1.82) is 5.26 Å². The Morgan fingerprint density at radius 1 is 1.12 bits per heavy atom. The van der Waals surface area contributed by atoms with Crippen LogP contribution in [0, 0.1) is 11.3 Å². The summed E-state index contributed by atoms with van der Waals surface area (Å²) in [6.07, 6.45) is -4.57. The summed E-state index contributed by atoms with van der Waals surface area (Å²) in [7, 11) is 1.69. The molecule has 0 unspecified atom stereocenters. The lowest BCUT2D eigenvalue weighted by molar-refractivity contribution is -0.137. The summed E-state index contributed by atoms with van der Waals surface area (Å²) in [6.45, 7) is 0.555. The molecule has 0 saturated heterocycles. The summed E-state index contributed by atoms with van der Waals surface area (Å²) >= 11 is 0. The van der Waals surface area contributed by atoms with E-state index in [-0.39, 0.29) is 12.4 Å². The first kappa shape index (κ1) is 16.0. The molecule has 1 aliphatic heterocycles. The molecular weight excluding hydrogens is 321 g/mol. The molecule has 0 atom stereocenters. The van der Waals surface area contributed by atoms with Gasteiger partial charge in [-0.1, -0.05) is 6.07 Å². The van der Waals surface area contributed by atoms with E-state index >= 15 is 0 Å². The zero-order valence-corrected chi connectivity index (χ0v) is 12.7. The van der Waals surface area contributed by atoms with Crippen LogP contribution < -0.4 is 14.4 Å². The number of fused-ring (bicyclic) bond motifs is 1. The molecule has 0 bridgehead atoms. The fraction of sp³-hybridized carbons (Fsp3) is 0.235. The summed E-state index contributed by atoms with van der Waals surface area (Å²) in [4.78, 5) is 1.67. The second-order valence-electron chi connectivity index (χ2n) is 5.38. The van der Waals surface area contributed by atoms with Crippen LogP contribution in [0.25, 0.3) is 0 Å². The zero-order valence-electron chi connectivity index (χ0n) is 12.7. The van der Waals surface area contributed by atoms with Crippen molar-refractivity contribution in [3.8, 4) is 17.6 Å². The van der Waals surface area contributed by atoms with Gasteiger partial charge in [0.2, 0.25) is 6.79 Å². The molecule has 124 valence electrons. The van der Waals surface area contributed by atoms with Gasteiger partial charge in [0.1, 0.15) is 0 Å². The average Bonchev–Trinajstić information content (AvgIpc) is 3.01. The van der Waals surface area contributed by atoms with Crippen LogP contribution in [-0.4, -0.2) is 13.8 Å². The van der Waals surface area contributed by atoms with Crippen LogP contribution in [0.2, 0.25) is 0 Å². The Hall–Kier alpha value is -2.88. The van der Waals surface area contributed by atoms with E-state index in [1.165, 1.54) is 12.1 Å². The molecule has 0 spiro atoms. The minimum absolute atomic E-state index is 0.166. The highest BCUT2D eigenvalue weighted by molar-refractivity contribution is 5.55. The minimum Gasteiger partial charge on any atom is -0.454 e. The standard InChI is InChI=1S/C17H13F3N2O2/c1-22(9-11-2-5-15-16(6-11)24-10-23-15)13-4-3-12(8-21)14(7-13)17(18,19)20/h2-7H,9-10H2,1H3. The third-order valence-electron chi connectivity index (χ3n) is 3.73. The van der Waals surface area contributed by atoms with E-state index in [1.807, 2.05) is 6.07 Å². The van der Waals surface area contributed by atoms with Crippen molar-refractivity contribution in [1.82, 2.24) is 0 Å². The van der Waals surface area contributed by atoms with Crippen molar-refractivity contribution in [3.05, 3.63) is 53.1 Å². The zero-order chi connectivity index (χ0) is 17.3. The molecule has 2 aromatic rings. The van der Waals surface area contributed by atoms with Gasteiger partial charge in [-0.25, -0.2) is 0 Å². The molecule has 0 aromatic heterocycles. The van der Waals surface area contributed by atoms with Gasteiger partial charge in [-0.15, -0.1) is 0 Å². The van der Waals surface area contributed by atoms with Gasteiger partial charge in [0, 0.05) is 19.3 Å².